The Labute approximate surface area is 164 Å². The van der Waals surface area contributed by atoms with Crippen LogP contribution in [0.3, 0.4) is 0 Å². The summed E-state index contributed by atoms with van der Waals surface area (Å²) in [5.41, 5.74) is 2.06. The minimum absolute atomic E-state index is 0. The number of methoxy groups -OCH3 is 1. The van der Waals surface area contributed by atoms with E-state index in [1.807, 2.05) is 13.0 Å². The molecule has 3 rings (SSSR count). The molecule has 140 valence electrons. The van der Waals surface area contributed by atoms with E-state index in [1.165, 1.54) is 6.07 Å². The summed E-state index contributed by atoms with van der Waals surface area (Å²) in [7, 11) is 1.70. The summed E-state index contributed by atoms with van der Waals surface area (Å²) in [4.78, 5) is 7.04. The van der Waals surface area contributed by atoms with Gasteiger partial charge in [-0.3, -0.25) is 4.90 Å². The van der Waals surface area contributed by atoms with Crippen molar-refractivity contribution in [3.05, 3.63) is 51.7 Å². The molecule has 8 heteroatoms. The second kappa shape index (κ2) is 10.4. The van der Waals surface area contributed by atoms with Crippen LogP contribution in [0.15, 0.2) is 29.6 Å². The molecule has 0 amide bonds. The van der Waals surface area contributed by atoms with Crippen molar-refractivity contribution < 1.29 is 9.13 Å². The SMILES string of the molecule is COC(C)c1nc(CN2CCNCC2c2cccc(F)c2)cs1.Cl.Cl. The third-order valence-corrected chi connectivity index (χ3v) is 5.28. The lowest BCUT2D eigenvalue weighted by Crippen LogP contribution is -2.45. The molecule has 1 saturated heterocycles. The van der Waals surface area contributed by atoms with Gasteiger partial charge in [0.25, 0.3) is 0 Å². The lowest BCUT2D eigenvalue weighted by molar-refractivity contribution is 0.118. The average Bonchev–Trinajstić information content (AvgIpc) is 3.03. The van der Waals surface area contributed by atoms with Crippen molar-refractivity contribution in [2.75, 3.05) is 26.7 Å². The highest BCUT2D eigenvalue weighted by molar-refractivity contribution is 7.09. The summed E-state index contributed by atoms with van der Waals surface area (Å²) in [6.07, 6.45) is 0.0239. The Kier molecular flexibility index (Phi) is 9.27. The Hall–Kier alpha value is -0.760. The maximum Gasteiger partial charge on any atom is 0.123 e. The minimum atomic E-state index is -0.183. The van der Waals surface area contributed by atoms with Gasteiger partial charge < -0.3 is 10.1 Å². The third kappa shape index (κ3) is 5.61. The predicted molar refractivity (Wildman–Crippen MR) is 104 cm³/mol. The van der Waals surface area contributed by atoms with Gasteiger partial charge in [-0.2, -0.15) is 0 Å². The molecule has 2 aromatic rings. The Morgan fingerprint density at radius 1 is 1.44 bits per heavy atom. The maximum atomic E-state index is 13.5. The van der Waals surface area contributed by atoms with E-state index in [-0.39, 0.29) is 42.8 Å². The van der Waals surface area contributed by atoms with Crippen LogP contribution in [0.2, 0.25) is 0 Å². The number of benzene rings is 1. The fourth-order valence-electron chi connectivity index (χ4n) is 2.87. The molecule has 2 unspecified atom stereocenters. The maximum absolute atomic E-state index is 13.5. The number of thiazole rings is 1. The average molecular weight is 408 g/mol. The largest absolute Gasteiger partial charge is 0.375 e. The molecule has 0 spiro atoms. The Bertz CT molecular complexity index is 658. The van der Waals surface area contributed by atoms with Crippen LogP contribution in [0.5, 0.6) is 0 Å². The second-order valence-electron chi connectivity index (χ2n) is 5.80. The van der Waals surface area contributed by atoms with Crippen LogP contribution in [0, 0.1) is 5.82 Å². The van der Waals surface area contributed by atoms with Crippen molar-refractivity contribution in [2.45, 2.75) is 25.6 Å². The highest BCUT2D eigenvalue weighted by Crippen LogP contribution is 2.26. The number of nitrogens with one attached hydrogen (secondary N) is 1. The van der Waals surface area contributed by atoms with E-state index in [9.17, 15) is 4.39 Å². The molecule has 2 atom stereocenters. The van der Waals surface area contributed by atoms with Crippen LogP contribution >= 0.6 is 36.2 Å². The molecule has 0 radical (unpaired) electrons. The second-order valence-corrected chi connectivity index (χ2v) is 6.69. The molecule has 1 aliphatic rings. The molecule has 1 aromatic heterocycles. The molecule has 0 saturated carbocycles. The zero-order valence-corrected chi connectivity index (χ0v) is 16.7. The fraction of sp³-hybridized carbons (Fsp3) is 0.471. The zero-order valence-electron chi connectivity index (χ0n) is 14.3. The molecule has 4 nitrogen and oxygen atoms in total. The van der Waals surface area contributed by atoms with Crippen molar-refractivity contribution in [1.82, 2.24) is 15.2 Å². The number of piperazine rings is 1. The van der Waals surface area contributed by atoms with Gasteiger partial charge in [-0.1, -0.05) is 12.1 Å². The molecule has 25 heavy (non-hydrogen) atoms. The molecular weight excluding hydrogens is 384 g/mol. The lowest BCUT2D eigenvalue weighted by Gasteiger charge is -2.36. The van der Waals surface area contributed by atoms with Gasteiger partial charge in [0, 0.05) is 44.7 Å². The topological polar surface area (TPSA) is 37.4 Å². The fourth-order valence-corrected chi connectivity index (χ4v) is 3.71. The quantitative estimate of drug-likeness (QED) is 0.812. The van der Waals surface area contributed by atoms with Gasteiger partial charge in [0.2, 0.25) is 0 Å². The van der Waals surface area contributed by atoms with Crippen LogP contribution in [0.4, 0.5) is 4.39 Å². The summed E-state index contributed by atoms with van der Waals surface area (Å²) in [5, 5.41) is 6.49. The van der Waals surface area contributed by atoms with Gasteiger partial charge in [0.1, 0.15) is 16.9 Å². The van der Waals surface area contributed by atoms with Crippen molar-refractivity contribution in [3.8, 4) is 0 Å². The number of rotatable bonds is 5. The highest BCUT2D eigenvalue weighted by atomic mass is 35.5. The first-order chi connectivity index (χ1) is 11.2. The smallest absolute Gasteiger partial charge is 0.123 e. The van der Waals surface area contributed by atoms with Crippen LogP contribution < -0.4 is 5.32 Å². The van der Waals surface area contributed by atoms with E-state index in [1.54, 1.807) is 30.6 Å². The Morgan fingerprint density at radius 2 is 2.24 bits per heavy atom. The number of nitrogens with zero attached hydrogens (tertiary/aromatic N) is 2. The first kappa shape index (κ1) is 22.3. The normalized spacial score (nSPS) is 18.9. The third-order valence-electron chi connectivity index (χ3n) is 4.22. The van der Waals surface area contributed by atoms with E-state index in [0.29, 0.717) is 0 Å². The monoisotopic (exact) mass is 407 g/mol. The minimum Gasteiger partial charge on any atom is -0.375 e. The molecule has 0 bridgehead atoms. The van der Waals surface area contributed by atoms with Crippen LogP contribution in [0.1, 0.15) is 35.3 Å². The molecule has 1 aliphatic heterocycles. The highest BCUT2D eigenvalue weighted by Gasteiger charge is 2.25. The van der Waals surface area contributed by atoms with E-state index >= 15 is 0 Å². The van der Waals surface area contributed by atoms with E-state index < -0.39 is 0 Å². The summed E-state index contributed by atoms with van der Waals surface area (Å²) < 4.78 is 18.9. The van der Waals surface area contributed by atoms with Gasteiger partial charge in [-0.15, -0.1) is 36.2 Å². The summed E-state index contributed by atoms with van der Waals surface area (Å²) in [5.74, 6) is -0.183. The van der Waals surface area contributed by atoms with Crippen molar-refractivity contribution in [2.24, 2.45) is 0 Å². The molecule has 0 aliphatic carbocycles. The first-order valence-corrected chi connectivity index (χ1v) is 8.72. The van der Waals surface area contributed by atoms with E-state index in [4.69, 9.17) is 4.74 Å². The summed E-state index contributed by atoms with van der Waals surface area (Å²) in [6.45, 7) is 5.47. The van der Waals surface area contributed by atoms with Gasteiger partial charge in [0.05, 0.1) is 5.69 Å². The van der Waals surface area contributed by atoms with Gasteiger partial charge in [-0.05, 0) is 24.6 Å². The number of aromatic nitrogens is 1. The Morgan fingerprint density at radius 3 is 2.96 bits per heavy atom. The first-order valence-electron chi connectivity index (χ1n) is 7.84. The van der Waals surface area contributed by atoms with E-state index in [2.05, 4.69) is 20.6 Å². The molecular formula is C17H24Cl2FN3OS. The van der Waals surface area contributed by atoms with Crippen molar-refractivity contribution in [1.29, 1.82) is 0 Å². The van der Waals surface area contributed by atoms with Gasteiger partial charge in [-0.25, -0.2) is 9.37 Å². The lowest BCUT2D eigenvalue weighted by atomic mass is 10.0. The number of halogens is 3. The van der Waals surface area contributed by atoms with Crippen LogP contribution in [-0.4, -0.2) is 36.6 Å². The predicted octanol–water partition coefficient (Wildman–Crippen LogP) is 3.98. The summed E-state index contributed by atoms with van der Waals surface area (Å²) in [6, 6.07) is 7.06. The number of hydrogen-bond acceptors (Lipinski definition) is 5. The van der Waals surface area contributed by atoms with Gasteiger partial charge >= 0.3 is 0 Å². The van der Waals surface area contributed by atoms with Crippen LogP contribution in [-0.2, 0) is 11.3 Å². The molecule has 1 fully saturated rings. The summed E-state index contributed by atoms with van der Waals surface area (Å²) >= 11 is 1.63. The Balaban J connectivity index is 0.00000156. The van der Waals surface area contributed by atoms with E-state index in [0.717, 1.165) is 42.4 Å². The van der Waals surface area contributed by atoms with Crippen molar-refractivity contribution >= 4 is 36.2 Å². The molecule has 2 heterocycles. The zero-order chi connectivity index (χ0) is 16.2. The van der Waals surface area contributed by atoms with Gasteiger partial charge in [0.15, 0.2) is 0 Å². The standard InChI is InChI=1S/C17H22FN3OS.2ClH/c1-12(22-2)17-20-15(11-23-17)10-21-7-6-19-9-16(21)13-4-3-5-14(18)8-13;;/h3-5,8,11-12,16,19H,6-7,9-10H2,1-2H3;2*1H. The number of ether oxygens (including phenoxy) is 1. The molecule has 1 N–H and O–H groups in total. The number of hydrogen-bond donors (Lipinski definition) is 1. The van der Waals surface area contributed by atoms with Crippen molar-refractivity contribution in [3.63, 3.8) is 0 Å². The van der Waals surface area contributed by atoms with Crippen LogP contribution in [0.25, 0.3) is 0 Å². The molecule has 1 aromatic carbocycles.